The normalized spacial score (nSPS) is 8.42. The molecule has 1 aromatic carbocycles. The van der Waals surface area contributed by atoms with Crippen molar-refractivity contribution in [2.75, 3.05) is 5.32 Å². The van der Waals surface area contributed by atoms with Crippen LogP contribution < -0.4 is 11.1 Å². The van der Waals surface area contributed by atoms with Crippen LogP contribution in [-0.2, 0) is 0 Å². The fourth-order valence-electron chi connectivity index (χ4n) is 0.675. The van der Waals surface area contributed by atoms with Crippen LogP contribution in [-0.4, -0.2) is 6.03 Å². The minimum absolute atomic E-state index is 0. The highest BCUT2D eigenvalue weighted by molar-refractivity contribution is 5.87. The van der Waals surface area contributed by atoms with E-state index in [0.29, 0.717) is 5.69 Å². The molecule has 0 aliphatic heterocycles. The molecule has 0 heterocycles. The van der Waals surface area contributed by atoms with Crippen LogP contribution in [0.2, 0.25) is 0 Å². The van der Waals surface area contributed by atoms with Crippen LogP contribution in [0.1, 0.15) is 0 Å². The standard InChI is InChI=1S/C7H7FN2O.ClH/c8-5-1-3-6(4-2-5)10-7(9)11;/h1-4H,(H3,9,10,11);1H. The van der Waals surface area contributed by atoms with Crippen LogP contribution in [0.5, 0.6) is 0 Å². The van der Waals surface area contributed by atoms with Gasteiger partial charge < -0.3 is 11.1 Å². The molecule has 0 aliphatic carbocycles. The zero-order chi connectivity index (χ0) is 8.27. The first-order chi connectivity index (χ1) is 5.18. The average molecular weight is 191 g/mol. The van der Waals surface area contributed by atoms with E-state index in [4.69, 9.17) is 5.73 Å². The molecule has 1 rings (SSSR count). The Labute approximate surface area is 75.2 Å². The molecule has 0 unspecified atom stereocenters. The predicted octanol–water partition coefficient (Wildman–Crippen LogP) is 1.74. The fraction of sp³-hybridized carbons (Fsp3) is 0. The molecule has 0 atom stereocenters. The summed E-state index contributed by atoms with van der Waals surface area (Å²) in [6.45, 7) is 0. The summed E-state index contributed by atoms with van der Waals surface area (Å²) >= 11 is 0. The van der Waals surface area contributed by atoms with E-state index in [1.54, 1.807) is 0 Å². The summed E-state index contributed by atoms with van der Waals surface area (Å²) in [4.78, 5) is 10.3. The lowest BCUT2D eigenvalue weighted by atomic mass is 10.3. The number of carbonyl (C=O) groups is 1. The molecule has 12 heavy (non-hydrogen) atoms. The van der Waals surface area contributed by atoms with Crippen LogP contribution in [0.3, 0.4) is 0 Å². The predicted molar refractivity (Wildman–Crippen MR) is 46.9 cm³/mol. The highest BCUT2D eigenvalue weighted by atomic mass is 35.5. The van der Waals surface area contributed by atoms with Crippen LogP contribution >= 0.6 is 12.4 Å². The van der Waals surface area contributed by atoms with Gasteiger partial charge in [-0.2, -0.15) is 0 Å². The van der Waals surface area contributed by atoms with Gasteiger partial charge in [0.25, 0.3) is 0 Å². The van der Waals surface area contributed by atoms with Crippen molar-refractivity contribution >= 4 is 24.1 Å². The van der Waals surface area contributed by atoms with Gasteiger partial charge in [-0.1, -0.05) is 0 Å². The van der Waals surface area contributed by atoms with E-state index in [-0.39, 0.29) is 18.2 Å². The first kappa shape index (κ1) is 10.7. The van der Waals surface area contributed by atoms with Crippen molar-refractivity contribution in [2.45, 2.75) is 0 Å². The summed E-state index contributed by atoms with van der Waals surface area (Å²) in [6, 6.07) is 4.69. The molecule has 0 fully saturated rings. The Balaban J connectivity index is 0.00000121. The Morgan fingerprint density at radius 3 is 2.25 bits per heavy atom. The third kappa shape index (κ3) is 3.21. The molecule has 5 heteroatoms. The number of hydrogen-bond acceptors (Lipinski definition) is 1. The molecular formula is C7H8ClFN2O. The number of amides is 2. The summed E-state index contributed by atoms with van der Waals surface area (Å²) in [5.74, 6) is -0.347. The highest BCUT2D eigenvalue weighted by Gasteiger charge is 1.94. The van der Waals surface area contributed by atoms with Crippen molar-refractivity contribution in [1.82, 2.24) is 0 Å². The molecule has 66 valence electrons. The second kappa shape index (κ2) is 4.56. The number of nitrogens with one attached hydrogen (secondary N) is 1. The molecule has 1 aromatic rings. The number of anilines is 1. The minimum atomic E-state index is -0.656. The van der Waals surface area contributed by atoms with Gasteiger partial charge in [0.05, 0.1) is 0 Å². The van der Waals surface area contributed by atoms with E-state index in [1.807, 2.05) is 0 Å². The molecule has 0 saturated carbocycles. The lowest BCUT2D eigenvalue weighted by Gasteiger charge is -1.98. The molecule has 0 aromatic heterocycles. The van der Waals surface area contributed by atoms with Gasteiger partial charge in [0.15, 0.2) is 0 Å². The molecule has 0 radical (unpaired) electrons. The largest absolute Gasteiger partial charge is 0.351 e. The van der Waals surface area contributed by atoms with Crippen molar-refractivity contribution in [3.05, 3.63) is 30.1 Å². The summed E-state index contributed by atoms with van der Waals surface area (Å²) in [5.41, 5.74) is 5.30. The van der Waals surface area contributed by atoms with E-state index in [0.717, 1.165) is 0 Å². The van der Waals surface area contributed by atoms with Crippen LogP contribution in [0.15, 0.2) is 24.3 Å². The van der Waals surface area contributed by atoms with Gasteiger partial charge in [-0.25, -0.2) is 9.18 Å². The van der Waals surface area contributed by atoms with Crippen molar-refractivity contribution in [3.8, 4) is 0 Å². The van der Waals surface area contributed by atoms with E-state index in [2.05, 4.69) is 5.32 Å². The van der Waals surface area contributed by atoms with Gasteiger partial charge in [0.2, 0.25) is 0 Å². The van der Waals surface area contributed by atoms with Gasteiger partial charge in [0, 0.05) is 5.69 Å². The molecule has 2 amide bonds. The van der Waals surface area contributed by atoms with Gasteiger partial charge in [0.1, 0.15) is 5.82 Å². The number of rotatable bonds is 1. The van der Waals surface area contributed by atoms with Crippen LogP contribution in [0, 0.1) is 5.82 Å². The Kier molecular flexibility index (Phi) is 4.07. The maximum Gasteiger partial charge on any atom is 0.316 e. The average Bonchev–Trinajstić information content (AvgIpc) is 1.93. The van der Waals surface area contributed by atoms with Gasteiger partial charge >= 0.3 is 6.03 Å². The third-order valence-electron chi connectivity index (χ3n) is 1.11. The number of urea groups is 1. The summed E-state index contributed by atoms with van der Waals surface area (Å²) < 4.78 is 12.3. The number of primary amides is 1. The Bertz CT molecular complexity index is 263. The van der Waals surface area contributed by atoms with Crippen molar-refractivity contribution < 1.29 is 9.18 Å². The third-order valence-corrected chi connectivity index (χ3v) is 1.11. The number of halogens is 2. The zero-order valence-corrected chi connectivity index (χ0v) is 6.90. The lowest BCUT2D eigenvalue weighted by Crippen LogP contribution is -2.19. The minimum Gasteiger partial charge on any atom is -0.351 e. The van der Waals surface area contributed by atoms with Crippen LogP contribution in [0.25, 0.3) is 0 Å². The monoisotopic (exact) mass is 190 g/mol. The van der Waals surface area contributed by atoms with Crippen LogP contribution in [0.4, 0.5) is 14.9 Å². The van der Waals surface area contributed by atoms with Gasteiger partial charge in [-0.05, 0) is 24.3 Å². The van der Waals surface area contributed by atoms with Crippen molar-refractivity contribution in [3.63, 3.8) is 0 Å². The lowest BCUT2D eigenvalue weighted by molar-refractivity contribution is 0.259. The first-order valence-electron chi connectivity index (χ1n) is 3.00. The summed E-state index contributed by atoms with van der Waals surface area (Å²) in [6.07, 6.45) is 0. The van der Waals surface area contributed by atoms with E-state index < -0.39 is 6.03 Å². The maximum atomic E-state index is 12.3. The van der Waals surface area contributed by atoms with Gasteiger partial charge in [-0.15, -0.1) is 12.4 Å². The molecule has 0 spiro atoms. The zero-order valence-electron chi connectivity index (χ0n) is 6.08. The maximum absolute atomic E-state index is 12.3. The molecule has 3 N–H and O–H groups in total. The molecular weight excluding hydrogens is 183 g/mol. The number of hydrogen-bond donors (Lipinski definition) is 2. The molecule has 0 bridgehead atoms. The smallest absolute Gasteiger partial charge is 0.316 e. The molecule has 3 nitrogen and oxygen atoms in total. The summed E-state index contributed by atoms with van der Waals surface area (Å²) in [5, 5.41) is 2.30. The Hall–Kier alpha value is -1.29. The fourth-order valence-corrected chi connectivity index (χ4v) is 0.675. The quantitative estimate of drug-likeness (QED) is 0.696. The SMILES string of the molecule is Cl.NC(=O)Nc1ccc(F)cc1. The topological polar surface area (TPSA) is 55.1 Å². The molecule has 0 aliphatic rings. The van der Waals surface area contributed by atoms with E-state index >= 15 is 0 Å². The number of nitrogens with two attached hydrogens (primary N) is 1. The van der Waals surface area contributed by atoms with Gasteiger partial charge in [-0.3, -0.25) is 0 Å². The molecule has 0 saturated heterocycles. The van der Waals surface area contributed by atoms with E-state index in [1.165, 1.54) is 24.3 Å². The Morgan fingerprint density at radius 2 is 1.83 bits per heavy atom. The second-order valence-corrected chi connectivity index (χ2v) is 2.00. The first-order valence-corrected chi connectivity index (χ1v) is 3.00. The van der Waals surface area contributed by atoms with Crippen molar-refractivity contribution in [1.29, 1.82) is 0 Å². The summed E-state index contributed by atoms with van der Waals surface area (Å²) in [7, 11) is 0. The van der Waals surface area contributed by atoms with Crippen molar-refractivity contribution in [2.24, 2.45) is 5.73 Å². The highest BCUT2D eigenvalue weighted by Crippen LogP contribution is 2.06. The number of carbonyl (C=O) groups excluding carboxylic acids is 1. The second-order valence-electron chi connectivity index (χ2n) is 2.00. The number of benzene rings is 1. The Morgan fingerprint density at radius 1 is 1.33 bits per heavy atom. The van der Waals surface area contributed by atoms with E-state index in [9.17, 15) is 9.18 Å².